The highest BCUT2D eigenvalue weighted by Crippen LogP contribution is 2.09. The molecule has 0 aliphatic heterocycles. The molecule has 0 saturated heterocycles. The van der Waals surface area contributed by atoms with Crippen LogP contribution < -0.4 is 17.0 Å². The predicted octanol–water partition coefficient (Wildman–Crippen LogP) is 1.54. The van der Waals surface area contributed by atoms with Crippen LogP contribution in [0.1, 0.15) is 58.8 Å². The molecule has 0 amide bonds. The van der Waals surface area contributed by atoms with Gasteiger partial charge in [-0.05, 0) is 45.6 Å². The molecule has 0 fully saturated rings. The molecular formula is C20H33N5O4. The second kappa shape index (κ2) is 10.9. The van der Waals surface area contributed by atoms with E-state index in [0.29, 0.717) is 43.6 Å². The van der Waals surface area contributed by atoms with Gasteiger partial charge >= 0.3 is 11.7 Å². The summed E-state index contributed by atoms with van der Waals surface area (Å²) in [5.41, 5.74) is 5.80. The lowest BCUT2D eigenvalue weighted by molar-refractivity contribution is -0.145. The van der Waals surface area contributed by atoms with Crippen LogP contribution in [0.25, 0.3) is 11.2 Å². The zero-order valence-corrected chi connectivity index (χ0v) is 17.7. The fraction of sp³-hybridized carbons (Fsp3) is 0.700. The van der Waals surface area contributed by atoms with Crippen molar-refractivity contribution in [3.05, 3.63) is 27.2 Å². The average Bonchev–Trinajstić information content (AvgIpc) is 3.04. The largest absolute Gasteiger partial charge is 0.463 e. The minimum Gasteiger partial charge on any atom is -0.463 e. The lowest BCUT2D eigenvalue weighted by atomic mass is 10.1. The number of rotatable bonds is 12. The molecule has 2 aromatic rings. The molecule has 0 aromatic carbocycles. The summed E-state index contributed by atoms with van der Waals surface area (Å²) < 4.78 is 9.70. The van der Waals surface area contributed by atoms with Gasteiger partial charge in [-0.3, -0.25) is 18.7 Å². The molecule has 1 atom stereocenters. The number of hydrogen-bond acceptors (Lipinski definition) is 6. The Kier molecular flexibility index (Phi) is 8.63. The van der Waals surface area contributed by atoms with Gasteiger partial charge in [-0.15, -0.1) is 0 Å². The second-order valence-electron chi connectivity index (χ2n) is 7.54. The van der Waals surface area contributed by atoms with Crippen molar-refractivity contribution in [2.45, 2.75) is 78.0 Å². The lowest BCUT2D eigenvalue weighted by Crippen LogP contribution is -2.40. The van der Waals surface area contributed by atoms with Crippen LogP contribution in [0.3, 0.4) is 0 Å². The van der Waals surface area contributed by atoms with Crippen LogP contribution in [0.5, 0.6) is 0 Å². The molecule has 2 rings (SSSR count). The first kappa shape index (κ1) is 22.9. The highest BCUT2D eigenvalue weighted by molar-refractivity contribution is 5.69. The normalized spacial score (nSPS) is 12.4. The number of fused-ring (bicyclic) bond motifs is 1. The molecule has 162 valence electrons. The number of ether oxygens (including phenoxy) is 1. The topological polar surface area (TPSA) is 114 Å². The van der Waals surface area contributed by atoms with E-state index in [1.807, 2.05) is 6.92 Å². The van der Waals surface area contributed by atoms with Gasteiger partial charge in [-0.25, -0.2) is 9.78 Å². The molecule has 2 N–H and O–H groups in total. The van der Waals surface area contributed by atoms with Crippen molar-refractivity contribution in [2.75, 3.05) is 6.54 Å². The van der Waals surface area contributed by atoms with Gasteiger partial charge in [0.15, 0.2) is 11.2 Å². The van der Waals surface area contributed by atoms with E-state index in [9.17, 15) is 14.4 Å². The Hall–Kier alpha value is -2.42. The van der Waals surface area contributed by atoms with E-state index in [2.05, 4.69) is 4.98 Å². The quantitative estimate of drug-likeness (QED) is 0.422. The van der Waals surface area contributed by atoms with E-state index in [1.54, 1.807) is 22.5 Å². The number of nitrogens with two attached hydrogens (primary N) is 1. The number of nitrogens with zero attached hydrogens (tertiary/aromatic N) is 4. The standard InChI is InChI=1S/C20H33N5O4/c1-15(29-16(2)26)10-6-9-13-25-19(27)17-18(22-14-23(17)3)24(20(25)28)12-8-5-4-7-11-21/h14-15H,4-13,21H2,1-3H3. The van der Waals surface area contributed by atoms with Crippen LogP contribution in [0.2, 0.25) is 0 Å². The zero-order chi connectivity index (χ0) is 21.4. The fourth-order valence-corrected chi connectivity index (χ4v) is 3.52. The van der Waals surface area contributed by atoms with E-state index >= 15 is 0 Å². The third kappa shape index (κ3) is 6.03. The maximum absolute atomic E-state index is 13.0. The van der Waals surface area contributed by atoms with Crippen molar-refractivity contribution < 1.29 is 9.53 Å². The summed E-state index contributed by atoms with van der Waals surface area (Å²) in [7, 11) is 1.76. The fourth-order valence-electron chi connectivity index (χ4n) is 3.52. The lowest BCUT2D eigenvalue weighted by Gasteiger charge is -2.13. The molecule has 1 unspecified atom stereocenters. The van der Waals surface area contributed by atoms with Gasteiger partial charge in [0.25, 0.3) is 5.56 Å². The molecule has 0 aliphatic rings. The maximum Gasteiger partial charge on any atom is 0.332 e. The number of carbonyl (C=O) groups is 1. The molecule has 0 bridgehead atoms. The molecule has 29 heavy (non-hydrogen) atoms. The molecule has 0 saturated carbocycles. The van der Waals surface area contributed by atoms with Gasteiger partial charge in [-0.2, -0.15) is 0 Å². The highest BCUT2D eigenvalue weighted by Gasteiger charge is 2.16. The van der Waals surface area contributed by atoms with E-state index in [1.165, 1.54) is 11.5 Å². The van der Waals surface area contributed by atoms with Gasteiger partial charge in [0.2, 0.25) is 0 Å². The Balaban J connectivity index is 2.15. The van der Waals surface area contributed by atoms with Crippen molar-refractivity contribution in [2.24, 2.45) is 12.8 Å². The monoisotopic (exact) mass is 407 g/mol. The smallest absolute Gasteiger partial charge is 0.332 e. The predicted molar refractivity (Wildman–Crippen MR) is 112 cm³/mol. The van der Waals surface area contributed by atoms with E-state index in [-0.39, 0.29) is 23.3 Å². The summed E-state index contributed by atoms with van der Waals surface area (Å²) in [6.07, 6.45) is 7.31. The third-order valence-electron chi connectivity index (χ3n) is 5.03. The minimum atomic E-state index is -0.312. The van der Waals surface area contributed by atoms with Gasteiger partial charge in [0, 0.05) is 27.1 Å². The number of imidazole rings is 1. The molecule has 0 radical (unpaired) electrons. The Bertz CT molecular complexity index is 927. The molecule has 2 heterocycles. The zero-order valence-electron chi connectivity index (χ0n) is 17.7. The minimum absolute atomic E-state index is 0.172. The molecule has 9 heteroatoms. The first-order valence-corrected chi connectivity index (χ1v) is 10.4. The highest BCUT2D eigenvalue weighted by atomic mass is 16.5. The number of aryl methyl sites for hydroxylation is 2. The number of esters is 1. The van der Waals surface area contributed by atoms with Crippen molar-refractivity contribution >= 4 is 17.1 Å². The van der Waals surface area contributed by atoms with Gasteiger partial charge in [0.1, 0.15) is 0 Å². The third-order valence-corrected chi connectivity index (χ3v) is 5.03. The number of aromatic nitrogens is 4. The first-order chi connectivity index (χ1) is 13.9. The first-order valence-electron chi connectivity index (χ1n) is 10.4. The van der Waals surface area contributed by atoms with Gasteiger partial charge in [-0.1, -0.05) is 12.8 Å². The molecular weight excluding hydrogens is 374 g/mol. The van der Waals surface area contributed by atoms with E-state index in [0.717, 1.165) is 32.1 Å². The van der Waals surface area contributed by atoms with Crippen LogP contribution in [-0.2, 0) is 29.7 Å². The van der Waals surface area contributed by atoms with Gasteiger partial charge < -0.3 is 15.0 Å². The average molecular weight is 408 g/mol. The van der Waals surface area contributed by atoms with Crippen LogP contribution in [0.15, 0.2) is 15.9 Å². The Morgan fingerprint density at radius 2 is 1.76 bits per heavy atom. The number of carbonyl (C=O) groups excluding carboxylic acids is 1. The Labute approximate surface area is 170 Å². The van der Waals surface area contributed by atoms with Crippen LogP contribution >= 0.6 is 0 Å². The Morgan fingerprint density at radius 3 is 2.45 bits per heavy atom. The summed E-state index contributed by atoms with van der Waals surface area (Å²) in [5.74, 6) is -0.301. The van der Waals surface area contributed by atoms with E-state index in [4.69, 9.17) is 10.5 Å². The molecule has 0 spiro atoms. The summed E-state index contributed by atoms with van der Waals surface area (Å²) >= 11 is 0. The SMILES string of the molecule is CC(=O)OC(C)CCCCn1c(=O)c2c(ncn2C)n(CCCCCCN)c1=O. The summed E-state index contributed by atoms with van der Waals surface area (Å²) in [5, 5.41) is 0. The molecule has 0 aliphatic carbocycles. The van der Waals surface area contributed by atoms with Crippen LogP contribution in [0.4, 0.5) is 0 Å². The maximum atomic E-state index is 13.0. The van der Waals surface area contributed by atoms with E-state index < -0.39 is 0 Å². The second-order valence-corrected chi connectivity index (χ2v) is 7.54. The summed E-state index contributed by atoms with van der Waals surface area (Å²) in [6.45, 7) is 4.76. The summed E-state index contributed by atoms with van der Waals surface area (Å²) in [6, 6.07) is 0. The summed E-state index contributed by atoms with van der Waals surface area (Å²) in [4.78, 5) is 41.1. The van der Waals surface area contributed by atoms with Crippen molar-refractivity contribution in [3.63, 3.8) is 0 Å². The Morgan fingerprint density at radius 1 is 1.10 bits per heavy atom. The van der Waals surface area contributed by atoms with Crippen molar-refractivity contribution in [1.82, 2.24) is 18.7 Å². The van der Waals surface area contributed by atoms with Gasteiger partial charge in [0.05, 0.1) is 12.4 Å². The van der Waals surface area contributed by atoms with Crippen molar-refractivity contribution in [3.8, 4) is 0 Å². The van der Waals surface area contributed by atoms with Crippen LogP contribution in [-0.4, -0.2) is 37.3 Å². The molecule has 2 aromatic heterocycles. The number of hydrogen-bond donors (Lipinski definition) is 1. The van der Waals surface area contributed by atoms with Crippen LogP contribution in [0, 0.1) is 0 Å². The number of unbranched alkanes of at least 4 members (excludes halogenated alkanes) is 4. The molecule has 9 nitrogen and oxygen atoms in total. The van der Waals surface area contributed by atoms with Crippen molar-refractivity contribution in [1.29, 1.82) is 0 Å².